The van der Waals surface area contributed by atoms with Crippen molar-refractivity contribution in [3.8, 4) is 0 Å². The van der Waals surface area contributed by atoms with E-state index in [4.69, 9.17) is 14.2 Å². The van der Waals surface area contributed by atoms with E-state index in [1.165, 1.54) is 89.9 Å². The van der Waals surface area contributed by atoms with Crippen LogP contribution >= 0.6 is 0 Å². The van der Waals surface area contributed by atoms with Gasteiger partial charge < -0.3 is 14.2 Å². The maximum Gasteiger partial charge on any atom is 0.306 e. The minimum absolute atomic E-state index is 0.118. The summed E-state index contributed by atoms with van der Waals surface area (Å²) in [7, 11) is 0. The van der Waals surface area contributed by atoms with Gasteiger partial charge in [-0.05, 0) is 128 Å². The van der Waals surface area contributed by atoms with E-state index in [9.17, 15) is 14.4 Å². The maximum atomic E-state index is 12.9. The Morgan fingerprint density at radius 1 is 0.253 bits per heavy atom. The highest BCUT2D eigenvalue weighted by Gasteiger charge is 2.19. The van der Waals surface area contributed by atoms with Crippen LogP contribution in [0.15, 0.2) is 158 Å². The Labute approximate surface area is 486 Å². The van der Waals surface area contributed by atoms with Crippen LogP contribution in [0.4, 0.5) is 0 Å². The van der Waals surface area contributed by atoms with Gasteiger partial charge in [-0.2, -0.15) is 0 Å². The fourth-order valence-corrected chi connectivity index (χ4v) is 8.36. The van der Waals surface area contributed by atoms with Crippen LogP contribution < -0.4 is 0 Å². The molecule has 0 heterocycles. The first-order valence-corrected chi connectivity index (χ1v) is 32.0. The number of hydrogen-bond acceptors (Lipinski definition) is 6. The normalized spacial score (nSPS) is 13.2. The molecule has 1 unspecified atom stereocenters. The lowest BCUT2D eigenvalue weighted by Gasteiger charge is -2.18. The summed E-state index contributed by atoms with van der Waals surface area (Å²) in [5.41, 5.74) is 0. The van der Waals surface area contributed by atoms with Gasteiger partial charge in [-0.1, -0.05) is 275 Å². The van der Waals surface area contributed by atoms with E-state index in [-0.39, 0.29) is 31.6 Å². The molecule has 0 radical (unpaired) electrons. The second-order valence-electron chi connectivity index (χ2n) is 20.5. The monoisotopic (exact) mass is 1090 g/mol. The summed E-state index contributed by atoms with van der Waals surface area (Å²) < 4.78 is 16.9. The fraction of sp³-hybridized carbons (Fsp3) is 0.603. The van der Waals surface area contributed by atoms with Crippen molar-refractivity contribution in [2.75, 3.05) is 13.2 Å². The summed E-state index contributed by atoms with van der Waals surface area (Å²) in [6.45, 7) is 6.24. The number of unbranched alkanes of at least 4 members (excludes halogenated alkanes) is 19. The van der Waals surface area contributed by atoms with Crippen molar-refractivity contribution in [3.05, 3.63) is 158 Å². The summed E-state index contributed by atoms with van der Waals surface area (Å²) in [5.74, 6) is -1.02. The van der Waals surface area contributed by atoms with Gasteiger partial charge in [-0.15, -0.1) is 0 Å². The van der Waals surface area contributed by atoms with Crippen LogP contribution in [-0.4, -0.2) is 37.2 Å². The zero-order valence-electron chi connectivity index (χ0n) is 50.8. The number of rotatable bonds is 56. The Morgan fingerprint density at radius 3 is 0.759 bits per heavy atom. The van der Waals surface area contributed by atoms with Gasteiger partial charge in [0.2, 0.25) is 0 Å². The van der Waals surface area contributed by atoms with Crippen molar-refractivity contribution >= 4 is 17.9 Å². The van der Waals surface area contributed by atoms with Crippen molar-refractivity contribution < 1.29 is 28.6 Å². The zero-order valence-corrected chi connectivity index (χ0v) is 50.8. The quantitative estimate of drug-likeness (QED) is 0.0261. The van der Waals surface area contributed by atoms with E-state index >= 15 is 0 Å². The standard InChI is InChI=1S/C73H116O6/c1-4-7-10-13-16-19-22-25-28-31-33-34-35-36-37-38-40-42-45-48-51-54-57-60-63-66-72(75)78-69-70(68-77-71(74)65-62-59-56-53-50-47-44-41-30-27-24-21-18-15-12-9-6-3)79-73(76)67-64-61-58-55-52-49-46-43-39-32-29-26-23-20-17-14-11-8-5-2/h7-12,16-21,25-30,33-34,39,43,49,52,58,61,70H,4-6,13-15,22-24,31-32,35-38,40-42,44-48,50-51,53-57,59-60,62-69H2,1-3H3/b10-7-,11-8-,12-9-,19-16-,20-17-,21-18-,28-25-,29-26-,30-27-,34-33-,43-39-,52-49-,61-58-. The van der Waals surface area contributed by atoms with Gasteiger partial charge in [0.1, 0.15) is 13.2 Å². The smallest absolute Gasteiger partial charge is 0.306 e. The highest BCUT2D eigenvalue weighted by atomic mass is 16.6. The third-order valence-corrected chi connectivity index (χ3v) is 13.0. The van der Waals surface area contributed by atoms with Crippen molar-refractivity contribution in [1.82, 2.24) is 0 Å². The Morgan fingerprint density at radius 2 is 0.481 bits per heavy atom. The van der Waals surface area contributed by atoms with Gasteiger partial charge in [-0.25, -0.2) is 0 Å². The fourth-order valence-electron chi connectivity index (χ4n) is 8.36. The Kier molecular flexibility index (Phi) is 61.4. The van der Waals surface area contributed by atoms with Crippen molar-refractivity contribution in [3.63, 3.8) is 0 Å². The van der Waals surface area contributed by atoms with Crippen molar-refractivity contribution in [1.29, 1.82) is 0 Å². The summed E-state index contributed by atoms with van der Waals surface area (Å²) in [5, 5.41) is 0. The molecule has 0 saturated heterocycles. The third kappa shape index (κ3) is 63.7. The Hall–Kier alpha value is -4.97. The molecule has 6 heteroatoms. The average molecular weight is 1090 g/mol. The molecule has 0 aromatic rings. The van der Waals surface area contributed by atoms with Crippen LogP contribution in [-0.2, 0) is 28.6 Å². The van der Waals surface area contributed by atoms with Crippen LogP contribution in [0.1, 0.15) is 265 Å². The van der Waals surface area contributed by atoms with Crippen LogP contribution in [0.25, 0.3) is 0 Å². The zero-order chi connectivity index (χ0) is 57.1. The molecule has 1 atom stereocenters. The van der Waals surface area contributed by atoms with Crippen LogP contribution in [0, 0.1) is 0 Å². The predicted molar refractivity (Wildman–Crippen MR) is 343 cm³/mol. The molecule has 0 spiro atoms. The first kappa shape index (κ1) is 74.0. The summed E-state index contributed by atoms with van der Waals surface area (Å²) >= 11 is 0. The highest BCUT2D eigenvalue weighted by molar-refractivity contribution is 5.71. The van der Waals surface area contributed by atoms with Gasteiger partial charge in [0.25, 0.3) is 0 Å². The predicted octanol–water partition coefficient (Wildman–Crippen LogP) is 22.1. The molecular weight excluding hydrogens is 973 g/mol. The lowest BCUT2D eigenvalue weighted by molar-refractivity contribution is -0.166. The molecule has 79 heavy (non-hydrogen) atoms. The SMILES string of the molecule is CC/C=C\C/C=C\C/C=C\C/C=C\C/C=C\C/C=C\CCC(=O)OC(COC(=O)CCCCCCCCC/C=C\C/C=C\C/C=C\CC)COC(=O)CCCCCCCCCCCCCC/C=C\C/C=C\C/C=C\C/C=C\CC. The molecule has 0 rings (SSSR count). The van der Waals surface area contributed by atoms with E-state index in [1.807, 2.05) is 6.08 Å². The molecular formula is C73H116O6. The number of carbonyl (C=O) groups excluding carboxylic acids is 3. The number of ether oxygens (including phenoxy) is 3. The van der Waals surface area contributed by atoms with Gasteiger partial charge in [0, 0.05) is 19.3 Å². The molecule has 0 aliphatic heterocycles. The van der Waals surface area contributed by atoms with Crippen molar-refractivity contribution in [2.45, 2.75) is 271 Å². The molecule has 0 bridgehead atoms. The lowest BCUT2D eigenvalue weighted by atomic mass is 10.0. The molecule has 6 nitrogen and oxygen atoms in total. The van der Waals surface area contributed by atoms with Gasteiger partial charge in [0.15, 0.2) is 6.10 Å². The number of carbonyl (C=O) groups is 3. The summed E-state index contributed by atoms with van der Waals surface area (Å²) in [4.78, 5) is 38.3. The summed E-state index contributed by atoms with van der Waals surface area (Å²) in [6.07, 6.45) is 95.4. The Balaban J connectivity index is 4.48. The molecule has 0 N–H and O–H groups in total. The first-order chi connectivity index (χ1) is 39.0. The largest absolute Gasteiger partial charge is 0.462 e. The molecule has 0 aliphatic rings. The number of hydrogen-bond donors (Lipinski definition) is 0. The second kappa shape index (κ2) is 65.5. The summed E-state index contributed by atoms with van der Waals surface area (Å²) in [6, 6.07) is 0. The molecule has 0 aromatic heterocycles. The molecule has 0 amide bonds. The maximum absolute atomic E-state index is 12.9. The van der Waals surface area contributed by atoms with Crippen LogP contribution in [0.5, 0.6) is 0 Å². The highest BCUT2D eigenvalue weighted by Crippen LogP contribution is 2.15. The van der Waals surface area contributed by atoms with E-state index in [1.54, 1.807) is 0 Å². The molecule has 0 saturated carbocycles. The number of allylic oxidation sites excluding steroid dienone is 26. The first-order valence-electron chi connectivity index (χ1n) is 32.0. The topological polar surface area (TPSA) is 78.9 Å². The second-order valence-corrected chi connectivity index (χ2v) is 20.5. The van der Waals surface area contributed by atoms with E-state index < -0.39 is 12.1 Å². The molecule has 0 fully saturated rings. The molecule has 444 valence electrons. The van der Waals surface area contributed by atoms with Crippen LogP contribution in [0.2, 0.25) is 0 Å². The van der Waals surface area contributed by atoms with E-state index in [0.717, 1.165) is 128 Å². The van der Waals surface area contributed by atoms with Crippen molar-refractivity contribution in [2.24, 2.45) is 0 Å². The minimum atomic E-state index is -0.832. The van der Waals surface area contributed by atoms with Crippen LogP contribution in [0.3, 0.4) is 0 Å². The van der Waals surface area contributed by atoms with Gasteiger partial charge in [-0.3, -0.25) is 14.4 Å². The molecule has 0 aromatic carbocycles. The van der Waals surface area contributed by atoms with Gasteiger partial charge in [0.05, 0.1) is 0 Å². The van der Waals surface area contributed by atoms with E-state index in [2.05, 4.69) is 173 Å². The Bertz CT molecular complexity index is 1780. The van der Waals surface area contributed by atoms with E-state index in [0.29, 0.717) is 19.3 Å². The third-order valence-electron chi connectivity index (χ3n) is 13.0. The lowest BCUT2D eigenvalue weighted by Crippen LogP contribution is -2.30. The van der Waals surface area contributed by atoms with Gasteiger partial charge >= 0.3 is 17.9 Å². The number of esters is 3. The molecule has 0 aliphatic carbocycles. The minimum Gasteiger partial charge on any atom is -0.462 e. The average Bonchev–Trinajstić information content (AvgIpc) is 3.45.